The van der Waals surface area contributed by atoms with Gasteiger partial charge in [-0.25, -0.2) is 0 Å². The molecule has 2 aliphatic rings. The number of fused-ring (bicyclic) bond motifs is 2. The van der Waals surface area contributed by atoms with Gasteiger partial charge in [0.2, 0.25) is 0 Å². The molecule has 274 valence electrons. The van der Waals surface area contributed by atoms with Crippen molar-refractivity contribution in [3.8, 4) is 22.3 Å². The predicted molar refractivity (Wildman–Crippen MR) is 229 cm³/mol. The minimum atomic E-state index is -5.39. The number of hydrogen-bond acceptors (Lipinski definition) is 2. The van der Waals surface area contributed by atoms with Crippen LogP contribution in [0.4, 0.5) is 0 Å². The standard InChI is InChI=1S/2C23H21O.C2H6Si.2ClH.Zr/c2*1-14-7-5-6-8-20(14)23-15(2)9-10-18-12-19(13-21(18)23)22-11-16(3)17(4)24-22;1-3-2;;;/h2*5-13H,1-4H3;1-2H3;2*1H;/q;;;;;+2/p-2. The van der Waals surface area contributed by atoms with E-state index in [4.69, 9.17) is 25.9 Å². The molecule has 0 bridgehead atoms. The molecule has 0 fully saturated rings. The average Bonchev–Trinajstić information content (AvgIpc) is 3.89. The topological polar surface area (TPSA) is 26.3 Å². The first-order chi connectivity index (χ1) is 25.6. The Morgan fingerprint density at radius 2 is 0.889 bits per heavy atom. The van der Waals surface area contributed by atoms with Crippen LogP contribution in [-0.2, 0) is 15.0 Å². The molecule has 2 atom stereocenters. The van der Waals surface area contributed by atoms with Gasteiger partial charge < -0.3 is 0 Å². The van der Waals surface area contributed by atoms with Gasteiger partial charge in [-0.15, -0.1) is 0 Å². The predicted octanol–water partition coefficient (Wildman–Crippen LogP) is 14.8. The number of rotatable bonds is 6. The molecule has 2 unspecified atom stereocenters. The molecule has 0 saturated carbocycles. The minimum absolute atomic E-state index is 0.221. The van der Waals surface area contributed by atoms with Crippen LogP contribution in [0.15, 0.2) is 93.8 Å². The van der Waals surface area contributed by atoms with Crippen LogP contribution < -0.4 is 0 Å². The van der Waals surface area contributed by atoms with Crippen molar-refractivity contribution >= 4 is 45.8 Å². The monoisotopic (exact) mass is 844 g/mol. The SMILES string of the molecule is Cc1ccccc1-c1c(C)ccc2c1C=C(c1cc(C)c(C)o1)[CH]2[Zr]([Cl])([Cl])([CH]1C(c2cc(C)c(C)o2)=Cc2c1ccc(C)c2-c1ccccc1C)=[Si](C)C. The van der Waals surface area contributed by atoms with E-state index in [0.717, 1.165) is 45.3 Å². The summed E-state index contributed by atoms with van der Waals surface area (Å²) in [5, 5.41) is 0. The zero-order valence-electron chi connectivity index (χ0n) is 33.0. The Balaban J connectivity index is 1.49. The fourth-order valence-corrected chi connectivity index (χ4v) is 37.0. The van der Waals surface area contributed by atoms with Crippen LogP contribution in [-0.4, -0.2) is 5.43 Å². The Bertz CT molecular complexity index is 2480. The normalized spacial score (nSPS) is 16.7. The summed E-state index contributed by atoms with van der Waals surface area (Å²) in [5.41, 5.74) is 17.8. The molecular weight excluding hydrogens is 799 g/mol. The summed E-state index contributed by atoms with van der Waals surface area (Å²) in [7, 11) is 17.9. The summed E-state index contributed by atoms with van der Waals surface area (Å²) >= 11 is -5.39. The first kappa shape index (κ1) is 37.5. The van der Waals surface area contributed by atoms with Gasteiger partial charge in [0.05, 0.1) is 0 Å². The number of hydrogen-bond donors (Lipinski definition) is 0. The summed E-state index contributed by atoms with van der Waals surface area (Å²) in [4.78, 5) is 0. The van der Waals surface area contributed by atoms with Crippen LogP contribution in [0.2, 0.25) is 13.1 Å². The molecule has 0 N–H and O–H groups in total. The molecule has 2 nitrogen and oxygen atoms in total. The molecule has 8 rings (SSSR count). The van der Waals surface area contributed by atoms with Crippen LogP contribution in [0, 0.1) is 55.4 Å². The van der Waals surface area contributed by atoms with Crippen LogP contribution >= 0.6 is 17.0 Å². The average molecular weight is 847 g/mol. The van der Waals surface area contributed by atoms with Crippen LogP contribution in [0.25, 0.3) is 45.6 Å². The summed E-state index contributed by atoms with van der Waals surface area (Å²) < 4.78 is 12.9. The van der Waals surface area contributed by atoms with Gasteiger partial charge in [0.1, 0.15) is 0 Å². The third-order valence-corrected chi connectivity index (χ3v) is 58.8. The van der Waals surface area contributed by atoms with Crippen molar-refractivity contribution in [1.82, 2.24) is 0 Å². The number of furan rings is 2. The van der Waals surface area contributed by atoms with Gasteiger partial charge >= 0.3 is 331 Å². The van der Waals surface area contributed by atoms with Crippen LogP contribution in [0.3, 0.4) is 0 Å². The summed E-state index contributed by atoms with van der Waals surface area (Å²) in [5.74, 6) is 3.56. The Hall–Kier alpha value is -3.40. The van der Waals surface area contributed by atoms with Gasteiger partial charge in [0.25, 0.3) is 0 Å². The number of halogens is 2. The van der Waals surface area contributed by atoms with E-state index >= 15 is 0 Å². The van der Waals surface area contributed by atoms with E-state index in [9.17, 15) is 0 Å². The molecule has 0 amide bonds. The van der Waals surface area contributed by atoms with E-state index in [2.05, 4.69) is 152 Å². The van der Waals surface area contributed by atoms with Crippen LogP contribution in [0.5, 0.6) is 0 Å². The van der Waals surface area contributed by atoms with Gasteiger partial charge in [-0.3, -0.25) is 0 Å². The van der Waals surface area contributed by atoms with Crippen LogP contribution in [0.1, 0.15) is 85.9 Å². The maximum atomic E-state index is 8.97. The van der Waals surface area contributed by atoms with E-state index in [1.165, 1.54) is 66.8 Å². The molecule has 2 aliphatic carbocycles. The fraction of sp³-hybridized carbons (Fsp3) is 0.250. The molecule has 0 aliphatic heterocycles. The van der Waals surface area contributed by atoms with Gasteiger partial charge in [0, 0.05) is 0 Å². The first-order valence-electron chi connectivity index (χ1n) is 19.0. The summed E-state index contributed by atoms with van der Waals surface area (Å²) in [6.07, 6.45) is 4.76. The van der Waals surface area contributed by atoms with Gasteiger partial charge in [-0.2, -0.15) is 0 Å². The fourth-order valence-electron chi connectivity index (χ4n) is 9.28. The quantitative estimate of drug-likeness (QED) is 0.156. The van der Waals surface area contributed by atoms with Crippen molar-refractivity contribution < 1.29 is 23.8 Å². The van der Waals surface area contributed by atoms with Crippen molar-refractivity contribution in [3.05, 3.63) is 164 Å². The number of benzene rings is 4. The second-order valence-electron chi connectivity index (χ2n) is 16.1. The number of allylic oxidation sites excluding steroid dienone is 2. The second-order valence-corrected chi connectivity index (χ2v) is 54.8. The maximum absolute atomic E-state index is 8.97. The van der Waals surface area contributed by atoms with Gasteiger partial charge in [-0.1, -0.05) is 0 Å². The third-order valence-electron chi connectivity index (χ3n) is 12.6. The molecule has 4 aromatic carbocycles. The van der Waals surface area contributed by atoms with E-state index in [1.807, 2.05) is 13.8 Å². The Kier molecular flexibility index (Phi) is 9.29. The zero-order chi connectivity index (χ0) is 38.5. The van der Waals surface area contributed by atoms with Gasteiger partial charge in [-0.05, 0) is 0 Å². The molecule has 0 saturated heterocycles. The Labute approximate surface area is 328 Å². The number of aryl methyl sites for hydroxylation is 8. The molecule has 54 heavy (non-hydrogen) atoms. The molecular formula is C48H48Cl2O2SiZr. The summed E-state index contributed by atoms with van der Waals surface area (Å²) in [6, 6.07) is 31.0. The molecule has 6 heteroatoms. The van der Waals surface area contributed by atoms with E-state index in [1.54, 1.807) is 0 Å². The molecule has 6 aromatic rings. The van der Waals surface area contributed by atoms with E-state index in [0.29, 0.717) is 0 Å². The van der Waals surface area contributed by atoms with Crippen molar-refractivity contribution in [2.24, 2.45) is 0 Å². The molecule has 0 spiro atoms. The second kappa shape index (κ2) is 13.4. The Morgan fingerprint density at radius 1 is 0.500 bits per heavy atom. The third kappa shape index (κ3) is 5.57. The van der Waals surface area contributed by atoms with Gasteiger partial charge in [0.15, 0.2) is 0 Å². The van der Waals surface area contributed by atoms with E-state index in [-0.39, 0.29) is 7.25 Å². The molecule has 0 radical (unpaired) electrons. The zero-order valence-corrected chi connectivity index (χ0v) is 37.9. The summed E-state index contributed by atoms with van der Waals surface area (Å²) in [6.45, 7) is 21.9. The molecule has 2 aromatic heterocycles. The van der Waals surface area contributed by atoms with Crippen molar-refractivity contribution in [1.29, 1.82) is 0 Å². The van der Waals surface area contributed by atoms with E-state index < -0.39 is 20.4 Å². The van der Waals surface area contributed by atoms with Crippen molar-refractivity contribution in [2.75, 3.05) is 0 Å². The molecule has 2 heterocycles. The Morgan fingerprint density at radius 3 is 1.22 bits per heavy atom. The van der Waals surface area contributed by atoms with Crippen molar-refractivity contribution in [3.63, 3.8) is 0 Å². The van der Waals surface area contributed by atoms with Crippen molar-refractivity contribution in [2.45, 2.75) is 75.7 Å². The first-order valence-corrected chi connectivity index (χ1v) is 34.3.